The zero-order valence-electron chi connectivity index (χ0n) is 14.5. The van der Waals surface area contributed by atoms with E-state index in [1.807, 2.05) is 43.3 Å². The van der Waals surface area contributed by atoms with Crippen LogP contribution in [0.2, 0.25) is 0 Å². The van der Waals surface area contributed by atoms with Crippen molar-refractivity contribution in [1.29, 1.82) is 0 Å². The molecule has 2 aromatic carbocycles. The minimum atomic E-state index is -1.04. The van der Waals surface area contributed by atoms with E-state index >= 15 is 0 Å². The molecule has 0 fully saturated rings. The molecule has 0 atom stereocenters. The standard InChI is InChI=1S/C20H17N3O3S/c1-13-21-17(14-6-3-2-4-7-14)11-19(22-13)27-12-18(24)23-16-9-5-8-15(10-16)20(25)26/h2-11H,12H2,1H3,(H,23,24)(H,25,26). The van der Waals surface area contributed by atoms with Crippen LogP contribution in [0.25, 0.3) is 11.3 Å². The molecule has 6 nitrogen and oxygen atoms in total. The Hall–Kier alpha value is -3.19. The summed E-state index contributed by atoms with van der Waals surface area (Å²) in [4.78, 5) is 32.0. The van der Waals surface area contributed by atoms with Crippen LogP contribution in [-0.4, -0.2) is 32.7 Å². The molecule has 2 N–H and O–H groups in total. The summed E-state index contributed by atoms with van der Waals surface area (Å²) >= 11 is 1.30. The highest BCUT2D eigenvalue weighted by atomic mass is 32.2. The monoisotopic (exact) mass is 379 g/mol. The molecule has 0 saturated carbocycles. The molecule has 1 aromatic heterocycles. The van der Waals surface area contributed by atoms with E-state index in [0.29, 0.717) is 16.5 Å². The number of aromatic carboxylic acids is 1. The van der Waals surface area contributed by atoms with Crippen molar-refractivity contribution >= 4 is 29.3 Å². The first kappa shape index (κ1) is 18.6. The molecule has 0 unspecified atom stereocenters. The van der Waals surface area contributed by atoms with Crippen molar-refractivity contribution in [3.05, 3.63) is 72.1 Å². The Morgan fingerprint density at radius 2 is 1.81 bits per heavy atom. The van der Waals surface area contributed by atoms with Gasteiger partial charge in [0.25, 0.3) is 0 Å². The number of hydrogen-bond donors (Lipinski definition) is 2. The van der Waals surface area contributed by atoms with Gasteiger partial charge in [0.2, 0.25) is 5.91 Å². The van der Waals surface area contributed by atoms with Gasteiger partial charge < -0.3 is 10.4 Å². The molecule has 0 aliphatic carbocycles. The van der Waals surface area contributed by atoms with Crippen molar-refractivity contribution in [1.82, 2.24) is 9.97 Å². The lowest BCUT2D eigenvalue weighted by atomic mass is 10.1. The highest BCUT2D eigenvalue weighted by molar-refractivity contribution is 7.99. The molecular weight excluding hydrogens is 362 g/mol. The number of benzene rings is 2. The summed E-state index contributed by atoms with van der Waals surface area (Å²) in [6, 6.07) is 17.8. The number of aryl methyl sites for hydroxylation is 1. The van der Waals surface area contributed by atoms with Gasteiger partial charge in [-0.2, -0.15) is 0 Å². The van der Waals surface area contributed by atoms with Gasteiger partial charge in [-0.25, -0.2) is 14.8 Å². The molecule has 0 spiro atoms. The Bertz CT molecular complexity index is 977. The summed E-state index contributed by atoms with van der Waals surface area (Å²) < 4.78 is 0. The Balaban J connectivity index is 1.66. The maximum atomic E-state index is 12.2. The summed E-state index contributed by atoms with van der Waals surface area (Å²) in [7, 11) is 0. The second-order valence-electron chi connectivity index (χ2n) is 5.73. The van der Waals surface area contributed by atoms with Gasteiger partial charge in [-0.3, -0.25) is 4.79 Å². The van der Waals surface area contributed by atoms with E-state index in [-0.39, 0.29) is 17.2 Å². The van der Waals surface area contributed by atoms with Crippen molar-refractivity contribution in [3.63, 3.8) is 0 Å². The van der Waals surface area contributed by atoms with Gasteiger partial charge in [0.1, 0.15) is 10.9 Å². The van der Waals surface area contributed by atoms with Crippen LogP contribution in [0.5, 0.6) is 0 Å². The third kappa shape index (κ3) is 5.15. The third-order valence-electron chi connectivity index (χ3n) is 3.63. The predicted octanol–water partition coefficient (Wildman–Crippen LogP) is 3.88. The van der Waals surface area contributed by atoms with E-state index < -0.39 is 5.97 Å². The van der Waals surface area contributed by atoms with Gasteiger partial charge in [0.15, 0.2) is 0 Å². The highest BCUT2D eigenvalue weighted by Crippen LogP contribution is 2.23. The fourth-order valence-corrected chi connectivity index (χ4v) is 3.18. The van der Waals surface area contributed by atoms with E-state index in [4.69, 9.17) is 5.11 Å². The molecule has 0 bridgehead atoms. The predicted molar refractivity (Wildman–Crippen MR) is 105 cm³/mol. The number of carbonyl (C=O) groups excluding carboxylic acids is 1. The second-order valence-corrected chi connectivity index (χ2v) is 6.72. The van der Waals surface area contributed by atoms with Crippen LogP contribution in [0.3, 0.4) is 0 Å². The van der Waals surface area contributed by atoms with Gasteiger partial charge in [-0.15, -0.1) is 0 Å². The van der Waals surface area contributed by atoms with Gasteiger partial charge in [0, 0.05) is 11.3 Å². The SMILES string of the molecule is Cc1nc(SCC(=O)Nc2cccc(C(=O)O)c2)cc(-c2ccccc2)n1. The molecule has 0 aliphatic heterocycles. The number of carbonyl (C=O) groups is 2. The summed E-state index contributed by atoms with van der Waals surface area (Å²) in [6.07, 6.45) is 0. The van der Waals surface area contributed by atoms with Crippen LogP contribution < -0.4 is 5.32 Å². The van der Waals surface area contributed by atoms with Crippen molar-refractivity contribution in [2.45, 2.75) is 11.9 Å². The van der Waals surface area contributed by atoms with Crippen molar-refractivity contribution in [2.75, 3.05) is 11.1 Å². The molecule has 1 heterocycles. The van der Waals surface area contributed by atoms with Crippen LogP contribution in [-0.2, 0) is 4.79 Å². The number of carboxylic acids is 1. The molecule has 27 heavy (non-hydrogen) atoms. The number of rotatable bonds is 6. The molecular formula is C20H17N3O3S. The molecule has 136 valence electrons. The normalized spacial score (nSPS) is 10.4. The molecule has 3 aromatic rings. The lowest BCUT2D eigenvalue weighted by Crippen LogP contribution is -2.14. The van der Waals surface area contributed by atoms with Gasteiger partial charge >= 0.3 is 5.97 Å². The number of anilines is 1. The van der Waals surface area contributed by atoms with E-state index in [9.17, 15) is 9.59 Å². The van der Waals surface area contributed by atoms with Crippen LogP contribution in [0.15, 0.2) is 65.7 Å². The molecule has 7 heteroatoms. The van der Waals surface area contributed by atoms with E-state index in [0.717, 1.165) is 11.3 Å². The number of nitrogens with zero attached hydrogens (tertiary/aromatic N) is 2. The van der Waals surface area contributed by atoms with Crippen LogP contribution >= 0.6 is 11.8 Å². The first-order valence-corrected chi connectivity index (χ1v) is 9.17. The molecule has 3 rings (SSSR count). The fraction of sp³-hybridized carbons (Fsp3) is 0.100. The van der Waals surface area contributed by atoms with E-state index in [2.05, 4.69) is 15.3 Å². The molecule has 0 aliphatic rings. The summed E-state index contributed by atoms with van der Waals surface area (Å²) in [5.41, 5.74) is 2.36. The molecule has 0 saturated heterocycles. The van der Waals surface area contributed by atoms with Crippen LogP contribution in [0, 0.1) is 6.92 Å². The number of amides is 1. The number of thioether (sulfide) groups is 1. The fourth-order valence-electron chi connectivity index (χ4n) is 2.44. The molecule has 1 amide bonds. The number of nitrogens with one attached hydrogen (secondary N) is 1. The Morgan fingerprint density at radius 1 is 1.04 bits per heavy atom. The number of hydrogen-bond acceptors (Lipinski definition) is 5. The number of carboxylic acid groups (broad SMARTS) is 1. The Kier molecular flexibility index (Phi) is 5.83. The van der Waals surface area contributed by atoms with E-state index in [1.54, 1.807) is 12.1 Å². The largest absolute Gasteiger partial charge is 0.478 e. The molecule has 0 radical (unpaired) electrons. The average molecular weight is 379 g/mol. The van der Waals surface area contributed by atoms with Crippen molar-refractivity contribution < 1.29 is 14.7 Å². The number of aromatic nitrogens is 2. The zero-order chi connectivity index (χ0) is 19.2. The highest BCUT2D eigenvalue weighted by Gasteiger charge is 2.09. The van der Waals surface area contributed by atoms with Crippen LogP contribution in [0.1, 0.15) is 16.2 Å². The maximum absolute atomic E-state index is 12.2. The van der Waals surface area contributed by atoms with Gasteiger partial charge in [0.05, 0.1) is 17.0 Å². The first-order chi connectivity index (χ1) is 13.0. The quantitative estimate of drug-likeness (QED) is 0.499. The lowest BCUT2D eigenvalue weighted by molar-refractivity contribution is -0.113. The second kappa shape index (κ2) is 8.46. The summed E-state index contributed by atoms with van der Waals surface area (Å²) in [5.74, 6) is -0.485. The Labute approximate surface area is 160 Å². The Morgan fingerprint density at radius 3 is 2.56 bits per heavy atom. The maximum Gasteiger partial charge on any atom is 0.335 e. The summed E-state index contributed by atoms with van der Waals surface area (Å²) in [5, 5.41) is 12.4. The van der Waals surface area contributed by atoms with Crippen molar-refractivity contribution in [2.24, 2.45) is 0 Å². The van der Waals surface area contributed by atoms with Crippen LogP contribution in [0.4, 0.5) is 5.69 Å². The third-order valence-corrected chi connectivity index (χ3v) is 4.54. The first-order valence-electron chi connectivity index (χ1n) is 8.18. The van der Waals surface area contributed by atoms with E-state index in [1.165, 1.54) is 23.9 Å². The smallest absolute Gasteiger partial charge is 0.335 e. The van der Waals surface area contributed by atoms with Crippen molar-refractivity contribution in [3.8, 4) is 11.3 Å². The summed E-state index contributed by atoms with van der Waals surface area (Å²) in [6.45, 7) is 1.81. The topological polar surface area (TPSA) is 92.2 Å². The minimum absolute atomic E-state index is 0.124. The minimum Gasteiger partial charge on any atom is -0.478 e. The average Bonchev–Trinajstić information content (AvgIpc) is 2.67. The lowest BCUT2D eigenvalue weighted by Gasteiger charge is -2.08. The van der Waals surface area contributed by atoms with Gasteiger partial charge in [-0.1, -0.05) is 48.2 Å². The zero-order valence-corrected chi connectivity index (χ0v) is 15.4. The van der Waals surface area contributed by atoms with Gasteiger partial charge in [-0.05, 0) is 31.2 Å².